The van der Waals surface area contributed by atoms with Gasteiger partial charge in [0.05, 0.1) is 19.5 Å². The average Bonchev–Trinajstić information content (AvgIpc) is 2.69. The molecule has 0 aliphatic carbocycles. The molecule has 1 saturated heterocycles. The van der Waals surface area contributed by atoms with Crippen LogP contribution < -0.4 is 0 Å². The molecule has 4 atom stereocenters. The minimum Gasteiger partial charge on any atom is -0.408 e. The summed E-state index contributed by atoms with van der Waals surface area (Å²) in [6.07, 6.45) is 12.1. The number of piperidine rings is 1. The Morgan fingerprint density at radius 2 is 2.05 bits per heavy atom. The van der Waals surface area contributed by atoms with Crippen LogP contribution in [0.25, 0.3) is 0 Å². The molecule has 5 heteroatoms. The van der Waals surface area contributed by atoms with E-state index in [-0.39, 0.29) is 5.08 Å². The van der Waals surface area contributed by atoms with E-state index in [1.54, 1.807) is 0 Å². The molecular weight excluding hydrogens is 292 g/mol. The van der Waals surface area contributed by atoms with Gasteiger partial charge in [0, 0.05) is 17.7 Å². The van der Waals surface area contributed by atoms with Crippen LogP contribution in [0.4, 0.5) is 0 Å². The lowest BCUT2D eigenvalue weighted by Crippen LogP contribution is -2.37. The standard InChI is InChI=1S/C14H25NOP2S/c1-14(17(3)4,18(5)6)16-13-9-11-10-15(2)8-7-12(11)19-13/h9,11-12H,3,5,7-8,10H2,1-2,4,6H3/q+2. The van der Waals surface area contributed by atoms with Gasteiger partial charge in [-0.25, -0.2) is 0 Å². The fourth-order valence-corrected chi connectivity index (χ4v) is 6.79. The van der Waals surface area contributed by atoms with Crippen LogP contribution in [0, 0.1) is 5.92 Å². The number of nitrogens with zero attached hydrogens (tertiary/aromatic N) is 1. The van der Waals surface area contributed by atoms with Gasteiger partial charge in [0.15, 0.2) is 20.2 Å². The topological polar surface area (TPSA) is 12.5 Å². The summed E-state index contributed by atoms with van der Waals surface area (Å²) < 4.78 is 6.39. The first-order chi connectivity index (χ1) is 8.83. The van der Waals surface area contributed by atoms with Gasteiger partial charge in [0.1, 0.15) is 13.3 Å². The Morgan fingerprint density at radius 1 is 1.42 bits per heavy atom. The monoisotopic (exact) mass is 317 g/mol. The van der Waals surface area contributed by atoms with Crippen molar-refractivity contribution < 1.29 is 4.74 Å². The Hall–Kier alpha value is 0.190. The summed E-state index contributed by atoms with van der Waals surface area (Å²) in [6, 6.07) is 0. The molecule has 0 aromatic carbocycles. The van der Waals surface area contributed by atoms with Gasteiger partial charge in [0.2, 0.25) is 0 Å². The van der Waals surface area contributed by atoms with Crippen LogP contribution in [0.5, 0.6) is 0 Å². The zero-order chi connectivity index (χ0) is 14.2. The number of hydrogen-bond donors (Lipinski definition) is 0. The quantitative estimate of drug-likeness (QED) is 0.734. The summed E-state index contributed by atoms with van der Waals surface area (Å²) in [6.45, 7) is 8.95. The lowest BCUT2D eigenvalue weighted by molar-refractivity contribution is 0.191. The van der Waals surface area contributed by atoms with Crippen molar-refractivity contribution in [1.29, 1.82) is 0 Å². The molecular formula is C14H25NOP2S+2. The van der Waals surface area contributed by atoms with Crippen molar-refractivity contribution in [1.82, 2.24) is 4.90 Å². The van der Waals surface area contributed by atoms with Crippen molar-refractivity contribution >= 4 is 39.5 Å². The highest BCUT2D eigenvalue weighted by molar-refractivity contribution is 8.03. The fourth-order valence-electron chi connectivity index (χ4n) is 2.50. The lowest BCUT2D eigenvalue weighted by Gasteiger charge is -2.30. The molecule has 1 fully saturated rings. The van der Waals surface area contributed by atoms with E-state index in [9.17, 15) is 0 Å². The third kappa shape index (κ3) is 3.27. The maximum atomic E-state index is 6.39. The number of rotatable bonds is 4. The Bertz CT molecular complexity index is 421. The van der Waals surface area contributed by atoms with E-state index < -0.39 is 15.1 Å². The molecule has 0 N–H and O–H groups in total. The Labute approximate surface area is 123 Å². The first-order valence-corrected chi connectivity index (χ1v) is 11.5. The van der Waals surface area contributed by atoms with E-state index >= 15 is 0 Å². The van der Waals surface area contributed by atoms with Crippen molar-refractivity contribution in [2.45, 2.75) is 23.7 Å². The molecule has 2 nitrogen and oxygen atoms in total. The summed E-state index contributed by atoms with van der Waals surface area (Å²) in [5.41, 5.74) is 0. The molecule has 2 rings (SSSR count). The first kappa shape index (κ1) is 15.6. The zero-order valence-electron chi connectivity index (χ0n) is 12.4. The lowest BCUT2D eigenvalue weighted by atomic mass is 9.98. The maximum absolute atomic E-state index is 6.39. The van der Waals surface area contributed by atoms with Gasteiger partial charge in [-0.1, -0.05) is 11.8 Å². The second kappa shape index (κ2) is 5.90. The maximum Gasteiger partial charge on any atom is 0.405 e. The molecule has 0 aromatic heterocycles. The van der Waals surface area contributed by atoms with Crippen molar-refractivity contribution in [3.8, 4) is 0 Å². The van der Waals surface area contributed by atoms with Crippen LogP contribution in [0.15, 0.2) is 11.2 Å². The highest BCUT2D eigenvalue weighted by Gasteiger charge is 2.49. The van der Waals surface area contributed by atoms with Gasteiger partial charge >= 0.3 is 5.08 Å². The molecule has 0 saturated carbocycles. The predicted octanol–water partition coefficient (Wildman–Crippen LogP) is 3.67. The van der Waals surface area contributed by atoms with Gasteiger partial charge in [-0.05, 0) is 26.1 Å². The summed E-state index contributed by atoms with van der Waals surface area (Å²) in [4.78, 5) is 2.42. The van der Waals surface area contributed by atoms with E-state index in [1.807, 2.05) is 11.8 Å². The molecule has 0 radical (unpaired) electrons. The van der Waals surface area contributed by atoms with E-state index in [0.717, 1.165) is 16.9 Å². The van der Waals surface area contributed by atoms with Gasteiger partial charge in [0.25, 0.3) is 0 Å². The highest BCUT2D eigenvalue weighted by Crippen LogP contribution is 2.55. The third-order valence-corrected chi connectivity index (χ3v) is 10.5. The normalized spacial score (nSPS) is 32.1. The van der Waals surface area contributed by atoms with Gasteiger partial charge < -0.3 is 9.64 Å². The average molecular weight is 317 g/mol. The van der Waals surface area contributed by atoms with Crippen molar-refractivity contribution in [3.63, 3.8) is 0 Å². The highest BCUT2D eigenvalue weighted by atomic mass is 32.2. The number of likely N-dealkylation sites (tertiary alicyclic amines) is 1. The summed E-state index contributed by atoms with van der Waals surface area (Å²) >= 11 is 1.94. The molecule has 0 amide bonds. The van der Waals surface area contributed by atoms with Crippen LogP contribution in [-0.2, 0) is 4.74 Å². The van der Waals surface area contributed by atoms with Crippen LogP contribution in [0.3, 0.4) is 0 Å². The smallest absolute Gasteiger partial charge is 0.405 e. The minimum atomic E-state index is -0.402. The number of thioether (sulfide) groups is 1. The largest absolute Gasteiger partial charge is 0.408 e. The molecule has 0 aromatic rings. The van der Waals surface area contributed by atoms with Gasteiger partial charge in [-0.3, -0.25) is 0 Å². The molecule has 0 spiro atoms. The number of fused-ring (bicyclic) bond motifs is 1. The van der Waals surface area contributed by atoms with E-state index in [2.05, 4.69) is 50.9 Å². The number of ether oxygens (including phenoxy) is 1. The summed E-state index contributed by atoms with van der Waals surface area (Å²) in [7, 11) is 1.40. The SMILES string of the molecule is C=[P+](C)C(C)(OC1=CC2CN(C)CCC2S1)[P+](=C)C. The summed E-state index contributed by atoms with van der Waals surface area (Å²) in [5, 5.41) is 1.70. The predicted molar refractivity (Wildman–Crippen MR) is 94.5 cm³/mol. The van der Waals surface area contributed by atoms with Gasteiger partial charge in [-0.15, -0.1) is 0 Å². The van der Waals surface area contributed by atoms with Crippen LogP contribution in [0.1, 0.15) is 13.3 Å². The summed E-state index contributed by atoms with van der Waals surface area (Å²) in [5.74, 6) is 0.656. The minimum absolute atomic E-state index is 0.150. The molecule has 2 aliphatic rings. The van der Waals surface area contributed by atoms with E-state index in [1.165, 1.54) is 13.0 Å². The van der Waals surface area contributed by atoms with E-state index in [0.29, 0.717) is 5.92 Å². The second-order valence-corrected chi connectivity index (χ2v) is 11.9. The Balaban J connectivity index is 2.10. The zero-order valence-corrected chi connectivity index (χ0v) is 15.0. The van der Waals surface area contributed by atoms with Crippen LogP contribution in [0.2, 0.25) is 0 Å². The molecule has 4 unspecified atom stereocenters. The van der Waals surface area contributed by atoms with Crippen molar-refractivity contribution in [3.05, 3.63) is 11.2 Å². The second-order valence-electron chi connectivity index (χ2n) is 5.79. The van der Waals surface area contributed by atoms with E-state index in [4.69, 9.17) is 4.74 Å². The van der Waals surface area contributed by atoms with Crippen LogP contribution in [-0.4, -0.2) is 61.3 Å². The van der Waals surface area contributed by atoms with Crippen molar-refractivity contribution in [2.75, 3.05) is 33.5 Å². The first-order valence-electron chi connectivity index (χ1n) is 6.67. The third-order valence-electron chi connectivity index (χ3n) is 4.12. The van der Waals surface area contributed by atoms with Crippen LogP contribution >= 0.6 is 26.9 Å². The number of hydrogen-bond acceptors (Lipinski definition) is 3. The molecule has 19 heavy (non-hydrogen) atoms. The van der Waals surface area contributed by atoms with Gasteiger partial charge in [-0.2, -0.15) is 0 Å². The Morgan fingerprint density at radius 3 is 2.63 bits per heavy atom. The molecule has 106 valence electrons. The molecule has 2 aliphatic heterocycles. The molecule has 2 heterocycles. The van der Waals surface area contributed by atoms with Crippen molar-refractivity contribution in [2.24, 2.45) is 5.92 Å². The Kier molecular flexibility index (Phi) is 4.83. The molecule has 0 bridgehead atoms. The fraction of sp³-hybridized carbons (Fsp3) is 0.714.